The van der Waals surface area contributed by atoms with E-state index in [-0.39, 0.29) is 0 Å². The van der Waals surface area contributed by atoms with Gasteiger partial charge in [0.25, 0.3) is 0 Å². The largest absolute Gasteiger partial charge is 0.323 e. The Morgan fingerprint density at radius 2 is 1.75 bits per heavy atom. The molecule has 0 amide bonds. The van der Waals surface area contributed by atoms with Crippen molar-refractivity contribution >= 4 is 20.9 Å². The molecule has 0 unspecified atom stereocenters. The number of thiol groups is 1. The summed E-state index contributed by atoms with van der Waals surface area (Å²) < 4.78 is 2.64. The Hall–Kier alpha value is 0.527. The van der Waals surface area contributed by atoms with E-state index in [1.54, 1.807) is 0 Å². The zero-order valence-electron chi connectivity index (χ0n) is 8.93. The van der Waals surface area contributed by atoms with Crippen LogP contribution in [0.3, 0.4) is 0 Å². The number of hydrogen-bond donors (Lipinski definition) is 1. The molecular weight excluding hydrogens is 182 g/mol. The standard InChI is InChI=1S/C9H23NSSi/c1-5-6-7-10(8-9-11)12(2,3)4/h11H,5-9H2,1-4H3. The van der Waals surface area contributed by atoms with Gasteiger partial charge in [0.15, 0.2) is 0 Å². The molecule has 0 N–H and O–H groups in total. The highest BCUT2D eigenvalue weighted by atomic mass is 32.1. The molecule has 0 radical (unpaired) electrons. The van der Waals surface area contributed by atoms with Crippen molar-refractivity contribution in [2.45, 2.75) is 39.4 Å². The summed E-state index contributed by atoms with van der Waals surface area (Å²) in [5.41, 5.74) is 0. The molecule has 0 aromatic heterocycles. The fourth-order valence-electron chi connectivity index (χ4n) is 1.25. The van der Waals surface area contributed by atoms with E-state index in [2.05, 4.69) is 43.8 Å². The van der Waals surface area contributed by atoms with Crippen LogP contribution >= 0.6 is 12.6 Å². The maximum atomic E-state index is 4.29. The molecule has 0 aliphatic heterocycles. The second kappa shape index (κ2) is 6.05. The van der Waals surface area contributed by atoms with Gasteiger partial charge in [-0.2, -0.15) is 12.6 Å². The number of rotatable bonds is 6. The van der Waals surface area contributed by atoms with Crippen molar-refractivity contribution in [2.24, 2.45) is 0 Å². The van der Waals surface area contributed by atoms with Crippen molar-refractivity contribution in [3.63, 3.8) is 0 Å². The highest BCUT2D eigenvalue weighted by Gasteiger charge is 2.21. The van der Waals surface area contributed by atoms with E-state index in [1.165, 1.54) is 25.9 Å². The molecule has 0 aromatic rings. The average molecular weight is 205 g/mol. The molecule has 0 saturated heterocycles. The van der Waals surface area contributed by atoms with Gasteiger partial charge in [-0.3, -0.25) is 0 Å². The summed E-state index contributed by atoms with van der Waals surface area (Å²) in [6, 6.07) is 0. The maximum absolute atomic E-state index is 4.29. The Labute approximate surface area is 84.0 Å². The smallest absolute Gasteiger partial charge is 0.119 e. The van der Waals surface area contributed by atoms with E-state index in [9.17, 15) is 0 Å². The minimum atomic E-state index is -1.06. The lowest BCUT2D eigenvalue weighted by Crippen LogP contribution is -2.47. The summed E-state index contributed by atoms with van der Waals surface area (Å²) in [7, 11) is -1.06. The molecule has 0 spiro atoms. The van der Waals surface area contributed by atoms with E-state index < -0.39 is 8.24 Å². The lowest BCUT2D eigenvalue weighted by molar-refractivity contribution is 0.436. The van der Waals surface area contributed by atoms with Gasteiger partial charge in [-0.05, 0) is 13.0 Å². The van der Waals surface area contributed by atoms with Crippen LogP contribution in [-0.2, 0) is 0 Å². The van der Waals surface area contributed by atoms with Gasteiger partial charge < -0.3 is 4.57 Å². The monoisotopic (exact) mass is 205 g/mol. The summed E-state index contributed by atoms with van der Waals surface area (Å²) in [5, 5.41) is 0. The zero-order valence-corrected chi connectivity index (χ0v) is 10.8. The maximum Gasteiger partial charge on any atom is 0.119 e. The fourth-order valence-corrected chi connectivity index (χ4v) is 3.29. The molecule has 0 aliphatic rings. The van der Waals surface area contributed by atoms with Crippen molar-refractivity contribution in [1.29, 1.82) is 0 Å². The Kier molecular flexibility index (Phi) is 6.32. The van der Waals surface area contributed by atoms with E-state index in [4.69, 9.17) is 0 Å². The third-order valence-corrected chi connectivity index (χ3v) is 4.64. The summed E-state index contributed by atoms with van der Waals surface area (Å²) in [5.74, 6) is 0.994. The Bertz CT molecular complexity index is 112. The first-order valence-corrected chi connectivity index (χ1v) is 8.96. The molecule has 74 valence electrons. The Balaban J connectivity index is 3.86. The first kappa shape index (κ1) is 12.5. The molecule has 0 rings (SSSR count). The number of nitrogens with zero attached hydrogens (tertiary/aromatic N) is 1. The minimum absolute atomic E-state index is 0.994. The molecular formula is C9H23NSSi. The van der Waals surface area contributed by atoms with Crippen molar-refractivity contribution < 1.29 is 0 Å². The highest BCUT2D eigenvalue weighted by Crippen LogP contribution is 2.10. The van der Waals surface area contributed by atoms with Crippen LogP contribution in [0.2, 0.25) is 19.6 Å². The van der Waals surface area contributed by atoms with Crippen LogP contribution in [-0.4, -0.2) is 31.6 Å². The third-order valence-electron chi connectivity index (χ3n) is 2.10. The SMILES string of the molecule is CCCCN(CCS)[Si](C)(C)C. The van der Waals surface area contributed by atoms with Crippen LogP contribution in [0.15, 0.2) is 0 Å². The van der Waals surface area contributed by atoms with Crippen LogP contribution in [0.1, 0.15) is 19.8 Å². The fraction of sp³-hybridized carbons (Fsp3) is 1.00. The van der Waals surface area contributed by atoms with Crippen molar-refractivity contribution in [3.05, 3.63) is 0 Å². The lowest BCUT2D eigenvalue weighted by atomic mass is 10.3. The van der Waals surface area contributed by atoms with E-state index in [0.717, 1.165) is 5.75 Å². The molecule has 0 aromatic carbocycles. The average Bonchev–Trinajstić information content (AvgIpc) is 1.95. The lowest BCUT2D eigenvalue weighted by Gasteiger charge is -2.33. The first-order chi connectivity index (χ1) is 5.52. The summed E-state index contributed by atoms with van der Waals surface area (Å²) in [6.45, 7) is 11.9. The van der Waals surface area contributed by atoms with Crippen molar-refractivity contribution in [1.82, 2.24) is 4.57 Å². The third kappa shape index (κ3) is 5.22. The first-order valence-electron chi connectivity index (χ1n) is 4.88. The molecule has 0 aliphatic carbocycles. The van der Waals surface area contributed by atoms with E-state index in [1.807, 2.05) is 0 Å². The van der Waals surface area contributed by atoms with E-state index in [0.29, 0.717) is 0 Å². The molecule has 3 heteroatoms. The highest BCUT2D eigenvalue weighted by molar-refractivity contribution is 7.80. The second-order valence-corrected chi connectivity index (χ2v) is 9.66. The number of hydrogen-bond acceptors (Lipinski definition) is 2. The van der Waals surface area contributed by atoms with Crippen LogP contribution in [0.4, 0.5) is 0 Å². The molecule has 0 fully saturated rings. The van der Waals surface area contributed by atoms with Crippen LogP contribution < -0.4 is 0 Å². The van der Waals surface area contributed by atoms with Gasteiger partial charge in [-0.1, -0.05) is 33.0 Å². The van der Waals surface area contributed by atoms with Crippen LogP contribution in [0, 0.1) is 0 Å². The summed E-state index contributed by atoms with van der Waals surface area (Å²) in [4.78, 5) is 0. The normalized spacial score (nSPS) is 12.5. The minimum Gasteiger partial charge on any atom is -0.323 e. The van der Waals surface area contributed by atoms with Gasteiger partial charge in [0.2, 0.25) is 0 Å². The van der Waals surface area contributed by atoms with Crippen LogP contribution in [0.25, 0.3) is 0 Å². The topological polar surface area (TPSA) is 3.24 Å². The molecule has 0 saturated carbocycles. The van der Waals surface area contributed by atoms with E-state index >= 15 is 0 Å². The predicted octanol–water partition coefficient (Wildman–Crippen LogP) is 2.85. The van der Waals surface area contributed by atoms with Gasteiger partial charge in [-0.15, -0.1) is 0 Å². The number of unbranched alkanes of at least 4 members (excludes halogenated alkanes) is 1. The zero-order chi connectivity index (χ0) is 9.61. The van der Waals surface area contributed by atoms with Gasteiger partial charge in [0, 0.05) is 12.3 Å². The molecule has 12 heavy (non-hydrogen) atoms. The summed E-state index contributed by atoms with van der Waals surface area (Å²) in [6.07, 6.45) is 2.63. The molecule has 1 nitrogen and oxygen atoms in total. The van der Waals surface area contributed by atoms with Crippen molar-refractivity contribution in [3.8, 4) is 0 Å². The Morgan fingerprint density at radius 1 is 1.17 bits per heavy atom. The Morgan fingerprint density at radius 3 is 2.08 bits per heavy atom. The van der Waals surface area contributed by atoms with Gasteiger partial charge in [0.05, 0.1) is 0 Å². The molecule has 0 heterocycles. The van der Waals surface area contributed by atoms with Gasteiger partial charge in [-0.25, -0.2) is 0 Å². The second-order valence-electron chi connectivity index (χ2n) is 4.24. The quantitative estimate of drug-likeness (QED) is 0.515. The predicted molar refractivity (Wildman–Crippen MR) is 63.7 cm³/mol. The van der Waals surface area contributed by atoms with Gasteiger partial charge in [0.1, 0.15) is 8.24 Å². The molecule has 0 atom stereocenters. The molecule has 0 bridgehead atoms. The summed E-state index contributed by atoms with van der Waals surface area (Å²) >= 11 is 4.29. The van der Waals surface area contributed by atoms with Crippen LogP contribution in [0.5, 0.6) is 0 Å². The van der Waals surface area contributed by atoms with Gasteiger partial charge >= 0.3 is 0 Å². The van der Waals surface area contributed by atoms with Crippen molar-refractivity contribution in [2.75, 3.05) is 18.8 Å².